The highest BCUT2D eigenvalue weighted by molar-refractivity contribution is 5.68. The summed E-state index contributed by atoms with van der Waals surface area (Å²) in [6.45, 7) is 0. The number of nitrogens with two attached hydrogens (primary N) is 2. The van der Waals surface area contributed by atoms with Crippen LogP contribution in [0.15, 0.2) is 24.3 Å². The second-order valence-corrected chi connectivity index (χ2v) is 3.92. The van der Waals surface area contributed by atoms with E-state index in [1.807, 2.05) is 0 Å². The summed E-state index contributed by atoms with van der Waals surface area (Å²) >= 11 is 0. The van der Waals surface area contributed by atoms with Crippen LogP contribution in [0, 0.1) is 0 Å². The Morgan fingerprint density at radius 3 is 1.39 bits per heavy atom. The molecule has 6 heteroatoms. The minimum Gasteiger partial charge on any atom is -0.506 e. The monoisotopic (exact) mass is 246 g/mol. The number of rotatable bonds is 0. The number of ether oxygens (including phenoxy) is 2. The number of nitrogen functional groups attached to an aromatic ring is 2. The maximum Gasteiger partial charge on any atom is 0.174 e. The summed E-state index contributed by atoms with van der Waals surface area (Å²) in [6.07, 6.45) is 0. The molecular formula is C12H10N2O4. The topological polar surface area (TPSA) is 111 Å². The first kappa shape index (κ1) is 10.4. The van der Waals surface area contributed by atoms with Crippen LogP contribution in [0.4, 0.5) is 11.4 Å². The third kappa shape index (κ3) is 1.43. The fraction of sp³-hybridized carbons (Fsp3) is 0. The van der Waals surface area contributed by atoms with Gasteiger partial charge in [-0.15, -0.1) is 0 Å². The highest BCUT2D eigenvalue weighted by Gasteiger charge is 2.22. The summed E-state index contributed by atoms with van der Waals surface area (Å²) in [5.41, 5.74) is 11.5. The van der Waals surface area contributed by atoms with E-state index in [0.29, 0.717) is 23.0 Å². The zero-order valence-electron chi connectivity index (χ0n) is 9.18. The van der Waals surface area contributed by atoms with Crippen molar-refractivity contribution in [2.45, 2.75) is 0 Å². The Kier molecular flexibility index (Phi) is 1.94. The number of hydrogen-bond donors (Lipinski definition) is 4. The van der Waals surface area contributed by atoms with E-state index in [2.05, 4.69) is 0 Å². The number of hydrogen-bond acceptors (Lipinski definition) is 6. The number of benzene rings is 2. The third-order valence-corrected chi connectivity index (χ3v) is 2.63. The van der Waals surface area contributed by atoms with Crippen molar-refractivity contribution in [3.8, 4) is 34.5 Å². The quantitative estimate of drug-likeness (QED) is 0.357. The molecule has 6 N–H and O–H groups in total. The van der Waals surface area contributed by atoms with Crippen molar-refractivity contribution < 1.29 is 19.7 Å². The van der Waals surface area contributed by atoms with Gasteiger partial charge in [-0.1, -0.05) is 0 Å². The van der Waals surface area contributed by atoms with E-state index >= 15 is 0 Å². The minimum atomic E-state index is -0.0902. The van der Waals surface area contributed by atoms with Crippen LogP contribution >= 0.6 is 0 Å². The molecule has 0 saturated carbocycles. The Balaban J connectivity index is 2.12. The molecule has 1 aliphatic rings. The Morgan fingerprint density at radius 2 is 1.00 bits per heavy atom. The lowest BCUT2D eigenvalue weighted by atomic mass is 10.2. The molecule has 0 aromatic heterocycles. The van der Waals surface area contributed by atoms with E-state index in [0.717, 1.165) is 0 Å². The summed E-state index contributed by atoms with van der Waals surface area (Å²) in [5, 5.41) is 19.0. The Labute approximate surface area is 102 Å². The van der Waals surface area contributed by atoms with Crippen LogP contribution in [0.2, 0.25) is 0 Å². The van der Waals surface area contributed by atoms with Crippen molar-refractivity contribution in [1.29, 1.82) is 0 Å². The van der Waals surface area contributed by atoms with E-state index in [1.54, 1.807) is 0 Å². The number of fused-ring (bicyclic) bond motifs is 2. The van der Waals surface area contributed by atoms with Gasteiger partial charge in [0.25, 0.3) is 0 Å². The maximum atomic E-state index is 9.50. The summed E-state index contributed by atoms with van der Waals surface area (Å²) in [7, 11) is 0. The van der Waals surface area contributed by atoms with Crippen LogP contribution < -0.4 is 20.9 Å². The van der Waals surface area contributed by atoms with Crippen molar-refractivity contribution >= 4 is 11.4 Å². The molecular weight excluding hydrogens is 236 g/mol. The maximum absolute atomic E-state index is 9.50. The van der Waals surface area contributed by atoms with E-state index in [4.69, 9.17) is 20.9 Å². The molecule has 1 aliphatic heterocycles. The molecule has 3 rings (SSSR count). The summed E-state index contributed by atoms with van der Waals surface area (Å²) in [6, 6.07) is 5.61. The highest BCUT2D eigenvalue weighted by Crippen LogP contribution is 2.50. The standard InChI is InChI=1S/C12H10N2O4/c13-5-1-9-11(3-7(5)15)18-10-2-6(14)8(16)4-12(10)17-9/h1-4,15-16H,13-14H2. The predicted molar refractivity (Wildman–Crippen MR) is 65.2 cm³/mol. The lowest BCUT2D eigenvalue weighted by molar-refractivity contribution is 0.353. The molecule has 0 atom stereocenters. The summed E-state index contributed by atoms with van der Waals surface area (Å²) in [5.74, 6) is 1.21. The van der Waals surface area contributed by atoms with E-state index in [9.17, 15) is 10.2 Å². The first-order valence-corrected chi connectivity index (χ1v) is 5.15. The molecule has 2 aromatic rings. The van der Waals surface area contributed by atoms with Gasteiger partial charge < -0.3 is 31.2 Å². The van der Waals surface area contributed by atoms with Crippen LogP contribution in [-0.2, 0) is 0 Å². The second kappa shape index (κ2) is 3.36. The van der Waals surface area contributed by atoms with Gasteiger partial charge in [-0.2, -0.15) is 0 Å². The highest BCUT2D eigenvalue weighted by atomic mass is 16.6. The zero-order valence-corrected chi connectivity index (χ0v) is 9.18. The average Bonchev–Trinajstić information content (AvgIpc) is 2.31. The lowest BCUT2D eigenvalue weighted by Crippen LogP contribution is -2.01. The van der Waals surface area contributed by atoms with Gasteiger partial charge in [0.15, 0.2) is 23.0 Å². The van der Waals surface area contributed by atoms with E-state index in [1.165, 1.54) is 24.3 Å². The molecule has 0 amide bonds. The molecule has 6 nitrogen and oxygen atoms in total. The Hall–Kier alpha value is -2.76. The molecule has 0 spiro atoms. The normalized spacial score (nSPS) is 12.0. The fourth-order valence-electron chi connectivity index (χ4n) is 1.69. The number of phenols is 2. The van der Waals surface area contributed by atoms with Crippen molar-refractivity contribution in [2.24, 2.45) is 0 Å². The first-order valence-electron chi connectivity index (χ1n) is 5.15. The Morgan fingerprint density at radius 1 is 0.667 bits per heavy atom. The molecule has 1 heterocycles. The van der Waals surface area contributed by atoms with Gasteiger partial charge in [0.05, 0.1) is 11.4 Å². The predicted octanol–water partition coefficient (Wildman–Crippen LogP) is 2.16. The molecule has 2 aromatic carbocycles. The third-order valence-electron chi connectivity index (χ3n) is 2.63. The first-order chi connectivity index (χ1) is 8.54. The SMILES string of the molecule is Nc1cc2c(cc1O)Oc1cc(N)c(O)cc1O2. The van der Waals surface area contributed by atoms with Gasteiger partial charge >= 0.3 is 0 Å². The fourth-order valence-corrected chi connectivity index (χ4v) is 1.69. The second-order valence-electron chi connectivity index (χ2n) is 3.92. The van der Waals surface area contributed by atoms with Crippen LogP contribution in [-0.4, -0.2) is 10.2 Å². The van der Waals surface area contributed by atoms with E-state index < -0.39 is 0 Å². The van der Waals surface area contributed by atoms with Gasteiger partial charge in [0, 0.05) is 24.3 Å². The van der Waals surface area contributed by atoms with Gasteiger partial charge in [-0.05, 0) is 0 Å². The van der Waals surface area contributed by atoms with Crippen molar-refractivity contribution in [1.82, 2.24) is 0 Å². The van der Waals surface area contributed by atoms with Crippen molar-refractivity contribution in [3.05, 3.63) is 24.3 Å². The van der Waals surface area contributed by atoms with Crippen LogP contribution in [0.25, 0.3) is 0 Å². The summed E-state index contributed by atoms with van der Waals surface area (Å²) < 4.78 is 11.0. The van der Waals surface area contributed by atoms with Gasteiger partial charge in [0.1, 0.15) is 11.5 Å². The van der Waals surface area contributed by atoms with Gasteiger partial charge in [-0.25, -0.2) is 0 Å². The van der Waals surface area contributed by atoms with Gasteiger partial charge in [0.2, 0.25) is 0 Å². The number of anilines is 2. The van der Waals surface area contributed by atoms with Crippen LogP contribution in [0.3, 0.4) is 0 Å². The zero-order chi connectivity index (χ0) is 12.9. The number of phenolic OH excluding ortho intramolecular Hbond substituents is 2. The Bertz CT molecular complexity index is 544. The molecule has 0 fully saturated rings. The molecule has 0 bridgehead atoms. The molecule has 0 radical (unpaired) electrons. The molecule has 0 saturated heterocycles. The lowest BCUT2D eigenvalue weighted by Gasteiger charge is -2.21. The smallest absolute Gasteiger partial charge is 0.174 e. The summed E-state index contributed by atoms with van der Waals surface area (Å²) in [4.78, 5) is 0. The average molecular weight is 246 g/mol. The molecule has 92 valence electrons. The largest absolute Gasteiger partial charge is 0.506 e. The molecule has 0 unspecified atom stereocenters. The molecule has 0 aliphatic carbocycles. The molecule has 18 heavy (non-hydrogen) atoms. The number of aromatic hydroxyl groups is 2. The van der Waals surface area contributed by atoms with E-state index in [-0.39, 0.29) is 22.9 Å². The van der Waals surface area contributed by atoms with Crippen LogP contribution in [0.1, 0.15) is 0 Å². The minimum absolute atomic E-state index is 0.0902. The van der Waals surface area contributed by atoms with Crippen molar-refractivity contribution in [2.75, 3.05) is 11.5 Å². The van der Waals surface area contributed by atoms with Crippen LogP contribution in [0.5, 0.6) is 34.5 Å². The van der Waals surface area contributed by atoms with Crippen molar-refractivity contribution in [3.63, 3.8) is 0 Å². The van der Waals surface area contributed by atoms with Gasteiger partial charge in [-0.3, -0.25) is 0 Å².